The number of benzene rings is 2. The van der Waals surface area contributed by atoms with E-state index in [1.54, 1.807) is 31.1 Å². The Morgan fingerprint density at radius 3 is 2.48 bits per heavy atom. The van der Waals surface area contributed by atoms with Crippen LogP contribution in [0, 0.1) is 0 Å². The first-order valence-electron chi connectivity index (χ1n) is 8.87. The van der Waals surface area contributed by atoms with Crippen molar-refractivity contribution in [1.29, 1.82) is 0 Å². The third kappa shape index (κ3) is 3.30. The molecular weight excluding hydrogens is 362 g/mol. The van der Waals surface area contributed by atoms with Gasteiger partial charge < -0.3 is 14.8 Å². The van der Waals surface area contributed by atoms with Gasteiger partial charge in [0.2, 0.25) is 0 Å². The fourth-order valence-corrected chi connectivity index (χ4v) is 3.58. The lowest BCUT2D eigenvalue weighted by molar-refractivity contribution is 0.0986. The van der Waals surface area contributed by atoms with E-state index in [9.17, 15) is 9.59 Å². The first-order valence-corrected chi connectivity index (χ1v) is 9.24. The maximum Gasteiger partial charge on any atom is 0.266 e. The Morgan fingerprint density at radius 2 is 1.85 bits per heavy atom. The number of pyridine rings is 1. The van der Waals surface area contributed by atoms with E-state index >= 15 is 0 Å². The molecule has 3 aromatic rings. The molecule has 1 N–H and O–H groups in total. The van der Waals surface area contributed by atoms with E-state index in [0.29, 0.717) is 28.2 Å². The van der Waals surface area contributed by atoms with Gasteiger partial charge in [-0.3, -0.25) is 9.59 Å². The molecule has 2 aromatic carbocycles. The van der Waals surface area contributed by atoms with Gasteiger partial charge in [-0.2, -0.15) is 0 Å². The van der Waals surface area contributed by atoms with Crippen LogP contribution in [-0.4, -0.2) is 24.1 Å². The molecule has 1 heterocycles. The van der Waals surface area contributed by atoms with Crippen LogP contribution in [0.5, 0.6) is 0 Å². The van der Waals surface area contributed by atoms with E-state index in [4.69, 9.17) is 11.6 Å². The minimum absolute atomic E-state index is 0.0953. The largest absolute Gasteiger partial charge is 0.387 e. The summed E-state index contributed by atoms with van der Waals surface area (Å²) in [5.74, 6) is -0.338. The quantitative estimate of drug-likeness (QED) is 0.715. The highest BCUT2D eigenvalue weighted by Crippen LogP contribution is 2.32. The molecule has 0 fully saturated rings. The molecule has 6 heteroatoms. The van der Waals surface area contributed by atoms with Crippen LogP contribution in [0.4, 0.5) is 11.4 Å². The summed E-state index contributed by atoms with van der Waals surface area (Å²) in [6.45, 7) is 2.51. The van der Waals surface area contributed by atoms with Crippen molar-refractivity contribution in [2.75, 3.05) is 23.8 Å². The van der Waals surface area contributed by atoms with Gasteiger partial charge in [0.05, 0.1) is 16.2 Å². The average molecular weight is 384 g/mol. The van der Waals surface area contributed by atoms with Gasteiger partial charge in [0.15, 0.2) is 0 Å². The monoisotopic (exact) mass is 383 g/mol. The molecule has 0 spiro atoms. The van der Waals surface area contributed by atoms with Crippen LogP contribution in [0.15, 0.2) is 53.3 Å². The van der Waals surface area contributed by atoms with Crippen molar-refractivity contribution in [3.05, 3.63) is 69.5 Å². The van der Waals surface area contributed by atoms with E-state index in [1.165, 1.54) is 4.57 Å². The van der Waals surface area contributed by atoms with Crippen LogP contribution < -0.4 is 15.8 Å². The Balaban J connectivity index is 2.29. The maximum absolute atomic E-state index is 13.5. The number of para-hydroxylation sites is 1. The number of hydrogen-bond acceptors (Lipinski definition) is 3. The highest BCUT2D eigenvalue weighted by molar-refractivity contribution is 6.37. The second-order valence-corrected chi connectivity index (χ2v) is 6.70. The molecule has 0 saturated heterocycles. The minimum atomic E-state index is -0.351. The molecule has 0 aliphatic rings. The fourth-order valence-electron chi connectivity index (χ4n) is 3.31. The second-order valence-electron chi connectivity index (χ2n) is 6.29. The highest BCUT2D eigenvalue weighted by Gasteiger charge is 2.26. The number of nitrogens with zero attached hydrogens (tertiary/aromatic N) is 2. The van der Waals surface area contributed by atoms with Crippen molar-refractivity contribution in [2.24, 2.45) is 7.05 Å². The van der Waals surface area contributed by atoms with E-state index in [-0.39, 0.29) is 17.0 Å². The maximum atomic E-state index is 13.5. The van der Waals surface area contributed by atoms with Gasteiger partial charge in [-0.15, -0.1) is 0 Å². The van der Waals surface area contributed by atoms with E-state index in [1.807, 2.05) is 43.3 Å². The molecule has 0 saturated carbocycles. The van der Waals surface area contributed by atoms with Crippen LogP contribution in [-0.2, 0) is 7.05 Å². The number of aryl methyl sites for hydroxylation is 1. The Labute approximate surface area is 163 Å². The van der Waals surface area contributed by atoms with E-state index in [2.05, 4.69) is 5.32 Å². The van der Waals surface area contributed by atoms with Gasteiger partial charge in [0.1, 0.15) is 5.56 Å². The Hall–Kier alpha value is -2.79. The predicted octanol–water partition coefficient (Wildman–Crippen LogP) is 4.29. The van der Waals surface area contributed by atoms with Gasteiger partial charge in [-0.25, -0.2) is 0 Å². The summed E-state index contributed by atoms with van der Waals surface area (Å²) in [5.41, 5.74) is 1.64. The number of halogens is 1. The molecule has 0 aliphatic carbocycles. The molecule has 27 heavy (non-hydrogen) atoms. The number of anilines is 2. The summed E-state index contributed by atoms with van der Waals surface area (Å²) in [7, 11) is 3.35. The van der Waals surface area contributed by atoms with Crippen molar-refractivity contribution in [1.82, 2.24) is 4.57 Å². The third-order valence-electron chi connectivity index (χ3n) is 4.60. The predicted molar refractivity (Wildman–Crippen MR) is 112 cm³/mol. The van der Waals surface area contributed by atoms with Crippen LogP contribution in [0.3, 0.4) is 0 Å². The van der Waals surface area contributed by atoms with Gasteiger partial charge >= 0.3 is 0 Å². The Kier molecular flexibility index (Phi) is 5.51. The number of rotatable bonds is 5. The zero-order valence-electron chi connectivity index (χ0n) is 15.6. The zero-order valence-corrected chi connectivity index (χ0v) is 16.4. The minimum Gasteiger partial charge on any atom is -0.387 e. The van der Waals surface area contributed by atoms with Gasteiger partial charge in [-0.05, 0) is 30.7 Å². The van der Waals surface area contributed by atoms with Crippen LogP contribution in [0.1, 0.15) is 23.7 Å². The summed E-state index contributed by atoms with van der Waals surface area (Å²) < 4.78 is 1.48. The van der Waals surface area contributed by atoms with Crippen molar-refractivity contribution in [2.45, 2.75) is 13.3 Å². The molecule has 5 nitrogen and oxygen atoms in total. The van der Waals surface area contributed by atoms with Crippen molar-refractivity contribution < 1.29 is 4.79 Å². The summed E-state index contributed by atoms with van der Waals surface area (Å²) in [5, 5.41) is 4.18. The Bertz CT molecular complexity index is 1040. The molecular formula is C21H22ClN3O2. The lowest BCUT2D eigenvalue weighted by atomic mass is 10.1. The topological polar surface area (TPSA) is 54.3 Å². The van der Waals surface area contributed by atoms with Crippen molar-refractivity contribution in [3.63, 3.8) is 0 Å². The number of hydrogen-bond donors (Lipinski definition) is 1. The second kappa shape index (κ2) is 7.84. The van der Waals surface area contributed by atoms with E-state index in [0.717, 1.165) is 12.1 Å². The number of fused-ring (bicyclic) bond motifs is 1. The number of nitrogens with one attached hydrogen (secondary N) is 1. The van der Waals surface area contributed by atoms with Gasteiger partial charge in [0, 0.05) is 31.7 Å². The summed E-state index contributed by atoms with van der Waals surface area (Å²) in [4.78, 5) is 28.2. The van der Waals surface area contributed by atoms with Gasteiger partial charge in [-0.1, -0.05) is 42.8 Å². The molecule has 3 rings (SSSR count). The molecule has 0 bridgehead atoms. The smallest absolute Gasteiger partial charge is 0.266 e. The Morgan fingerprint density at radius 1 is 1.15 bits per heavy atom. The highest BCUT2D eigenvalue weighted by atomic mass is 35.5. The lowest BCUT2D eigenvalue weighted by Crippen LogP contribution is -2.38. The number of aromatic nitrogens is 1. The van der Waals surface area contributed by atoms with Crippen LogP contribution in [0.25, 0.3) is 10.9 Å². The first kappa shape index (κ1) is 19.0. The molecule has 0 aliphatic heterocycles. The van der Waals surface area contributed by atoms with E-state index < -0.39 is 0 Å². The number of amides is 1. The average Bonchev–Trinajstić information content (AvgIpc) is 2.69. The number of carbonyl (C=O) groups excluding carboxylic acids is 1. The first-order chi connectivity index (χ1) is 13.0. The van der Waals surface area contributed by atoms with Crippen molar-refractivity contribution in [3.8, 4) is 0 Å². The zero-order chi connectivity index (χ0) is 19.6. The standard InChI is InChI=1S/C21H22ClN3O2/c1-4-13-25(14-9-6-5-7-10-14)21(27)18-19(23-2)17-15(22)11-8-12-16(17)24(3)20(18)26/h5-12,23H,4,13H2,1-3H3. The van der Waals surface area contributed by atoms with Crippen LogP contribution >= 0.6 is 11.6 Å². The molecule has 1 amide bonds. The molecule has 0 unspecified atom stereocenters. The molecule has 140 valence electrons. The summed E-state index contributed by atoms with van der Waals surface area (Å²) in [6.07, 6.45) is 0.768. The normalized spacial score (nSPS) is 10.8. The van der Waals surface area contributed by atoms with Gasteiger partial charge in [0.25, 0.3) is 11.5 Å². The fraction of sp³-hybridized carbons (Fsp3) is 0.238. The summed E-state index contributed by atoms with van der Waals surface area (Å²) >= 11 is 6.42. The SMILES string of the molecule is CCCN(C(=O)c1c(NC)c2c(Cl)cccc2n(C)c1=O)c1ccccc1. The third-order valence-corrected chi connectivity index (χ3v) is 4.91. The number of carbonyl (C=O) groups is 1. The summed E-state index contributed by atoms with van der Waals surface area (Å²) in [6, 6.07) is 14.7. The van der Waals surface area contributed by atoms with Crippen molar-refractivity contribution >= 4 is 39.8 Å². The molecule has 1 aromatic heterocycles. The molecule has 0 radical (unpaired) electrons. The molecule has 0 atom stereocenters. The lowest BCUT2D eigenvalue weighted by Gasteiger charge is -2.24. The van der Waals surface area contributed by atoms with Crippen LogP contribution in [0.2, 0.25) is 5.02 Å².